The second-order valence-corrected chi connectivity index (χ2v) is 8.42. The number of amides is 2. The van der Waals surface area contributed by atoms with Crippen LogP contribution in [0.1, 0.15) is 73.5 Å². The molecular formula is C23H29N5O2. The van der Waals surface area contributed by atoms with E-state index in [9.17, 15) is 9.59 Å². The lowest BCUT2D eigenvalue weighted by Crippen LogP contribution is -2.39. The van der Waals surface area contributed by atoms with Gasteiger partial charge in [0.15, 0.2) is 0 Å². The number of primary amides is 1. The normalized spacial score (nSPS) is 19.7. The molecular weight excluding hydrogens is 378 g/mol. The molecule has 1 unspecified atom stereocenters. The Balaban J connectivity index is 1.65. The number of nitrogens with zero attached hydrogens (tertiary/aromatic N) is 3. The third kappa shape index (κ3) is 4.30. The predicted molar refractivity (Wildman–Crippen MR) is 115 cm³/mol. The van der Waals surface area contributed by atoms with Gasteiger partial charge in [-0.1, -0.05) is 25.0 Å². The maximum atomic E-state index is 13.2. The smallest absolute Gasteiger partial charge is 0.248 e. The van der Waals surface area contributed by atoms with Crippen molar-refractivity contribution >= 4 is 17.8 Å². The zero-order valence-corrected chi connectivity index (χ0v) is 17.2. The monoisotopic (exact) mass is 407 g/mol. The number of likely N-dealkylation sites (tertiary alicyclic amines) is 1. The Labute approximate surface area is 176 Å². The van der Waals surface area contributed by atoms with Crippen LogP contribution in [0, 0.1) is 5.92 Å². The van der Waals surface area contributed by atoms with E-state index in [-0.39, 0.29) is 17.9 Å². The van der Waals surface area contributed by atoms with Gasteiger partial charge in [0.25, 0.3) is 0 Å². The lowest BCUT2D eigenvalue weighted by molar-refractivity contribution is -0.136. The van der Waals surface area contributed by atoms with Gasteiger partial charge in [-0.3, -0.25) is 9.59 Å². The lowest BCUT2D eigenvalue weighted by Gasteiger charge is -2.37. The molecule has 2 amide bonds. The number of anilines is 1. The molecule has 1 saturated carbocycles. The molecule has 7 heteroatoms. The van der Waals surface area contributed by atoms with Crippen molar-refractivity contribution < 1.29 is 9.59 Å². The summed E-state index contributed by atoms with van der Waals surface area (Å²) in [6, 6.07) is 6.96. The van der Waals surface area contributed by atoms with Gasteiger partial charge in [0.1, 0.15) is 0 Å². The summed E-state index contributed by atoms with van der Waals surface area (Å²) >= 11 is 0. The van der Waals surface area contributed by atoms with Crippen LogP contribution in [0.3, 0.4) is 0 Å². The number of nitrogen functional groups attached to an aromatic ring is 1. The Morgan fingerprint density at radius 3 is 2.43 bits per heavy atom. The van der Waals surface area contributed by atoms with E-state index in [0.29, 0.717) is 17.9 Å². The number of carbonyl (C=O) groups excluding carboxylic acids is 2. The number of piperidine rings is 1. The Morgan fingerprint density at radius 1 is 1.03 bits per heavy atom. The highest BCUT2D eigenvalue weighted by molar-refractivity contribution is 5.93. The molecule has 0 bridgehead atoms. The van der Waals surface area contributed by atoms with E-state index in [1.54, 1.807) is 18.3 Å². The molecule has 7 nitrogen and oxygen atoms in total. The number of carbonyl (C=O) groups is 2. The minimum Gasteiger partial charge on any atom is -0.368 e. The summed E-state index contributed by atoms with van der Waals surface area (Å²) < 4.78 is 0. The molecule has 1 aliphatic carbocycles. The quantitative estimate of drug-likeness (QED) is 0.787. The highest BCUT2D eigenvalue weighted by atomic mass is 16.2. The van der Waals surface area contributed by atoms with Crippen LogP contribution in [0.5, 0.6) is 0 Å². The zero-order chi connectivity index (χ0) is 21.1. The second-order valence-electron chi connectivity index (χ2n) is 8.42. The number of hydrogen-bond acceptors (Lipinski definition) is 5. The van der Waals surface area contributed by atoms with Gasteiger partial charge in [0.2, 0.25) is 17.8 Å². The first-order chi connectivity index (χ1) is 14.5. The van der Waals surface area contributed by atoms with Gasteiger partial charge in [0, 0.05) is 30.3 Å². The van der Waals surface area contributed by atoms with E-state index in [4.69, 9.17) is 11.5 Å². The Hall–Kier alpha value is -2.96. The first-order valence-electron chi connectivity index (χ1n) is 10.8. The largest absolute Gasteiger partial charge is 0.368 e. The molecule has 1 aromatic carbocycles. The van der Waals surface area contributed by atoms with E-state index in [0.717, 1.165) is 55.5 Å². The fourth-order valence-electron chi connectivity index (χ4n) is 4.79. The van der Waals surface area contributed by atoms with Gasteiger partial charge >= 0.3 is 0 Å². The number of aromatic nitrogens is 2. The molecule has 2 heterocycles. The first-order valence-corrected chi connectivity index (χ1v) is 10.8. The number of benzene rings is 1. The number of hydrogen-bond donors (Lipinski definition) is 2. The second kappa shape index (κ2) is 8.81. The average Bonchev–Trinajstić information content (AvgIpc) is 3.27. The van der Waals surface area contributed by atoms with E-state index >= 15 is 0 Å². The summed E-state index contributed by atoms with van der Waals surface area (Å²) in [5.41, 5.74) is 14.3. The van der Waals surface area contributed by atoms with Gasteiger partial charge in [-0.05, 0) is 55.7 Å². The molecule has 1 aromatic heterocycles. The van der Waals surface area contributed by atoms with Crippen molar-refractivity contribution in [2.24, 2.45) is 11.7 Å². The lowest BCUT2D eigenvalue weighted by atomic mass is 9.92. The fourth-order valence-corrected chi connectivity index (χ4v) is 4.79. The molecule has 2 fully saturated rings. The summed E-state index contributed by atoms with van der Waals surface area (Å²) in [4.78, 5) is 35.4. The van der Waals surface area contributed by atoms with Gasteiger partial charge in [-0.25, -0.2) is 9.97 Å². The van der Waals surface area contributed by atoms with Crippen LogP contribution in [0.4, 0.5) is 5.95 Å². The summed E-state index contributed by atoms with van der Waals surface area (Å²) in [7, 11) is 0. The van der Waals surface area contributed by atoms with Crippen molar-refractivity contribution in [1.29, 1.82) is 0 Å². The Bertz CT molecular complexity index is 922. The van der Waals surface area contributed by atoms with Crippen molar-refractivity contribution in [3.63, 3.8) is 0 Å². The van der Waals surface area contributed by atoms with E-state index < -0.39 is 5.91 Å². The SMILES string of the molecule is NC(=O)c1ccc(-c2cnc(N)nc2C2CCCCN2C(=O)CC2CCCC2)cc1. The zero-order valence-electron chi connectivity index (χ0n) is 17.2. The van der Waals surface area contributed by atoms with E-state index in [1.165, 1.54) is 12.8 Å². The summed E-state index contributed by atoms with van der Waals surface area (Å²) in [6.45, 7) is 0.750. The molecule has 0 spiro atoms. The number of rotatable bonds is 5. The van der Waals surface area contributed by atoms with Crippen LogP contribution in [0.25, 0.3) is 11.1 Å². The van der Waals surface area contributed by atoms with Crippen LogP contribution in [-0.4, -0.2) is 33.2 Å². The molecule has 1 aliphatic heterocycles. The summed E-state index contributed by atoms with van der Waals surface area (Å²) in [6.07, 6.45) is 10.0. The molecule has 158 valence electrons. The van der Waals surface area contributed by atoms with E-state index in [2.05, 4.69) is 9.97 Å². The van der Waals surface area contributed by atoms with Gasteiger partial charge in [0.05, 0.1) is 11.7 Å². The highest BCUT2D eigenvalue weighted by Gasteiger charge is 2.32. The maximum absolute atomic E-state index is 13.2. The molecule has 2 aromatic rings. The highest BCUT2D eigenvalue weighted by Crippen LogP contribution is 2.37. The van der Waals surface area contributed by atoms with Crippen LogP contribution in [0.15, 0.2) is 30.5 Å². The molecule has 0 radical (unpaired) electrons. The Morgan fingerprint density at radius 2 is 1.73 bits per heavy atom. The molecule has 4 N–H and O–H groups in total. The summed E-state index contributed by atoms with van der Waals surface area (Å²) in [5, 5.41) is 0. The molecule has 1 atom stereocenters. The topological polar surface area (TPSA) is 115 Å². The van der Waals surface area contributed by atoms with Crippen LogP contribution < -0.4 is 11.5 Å². The molecule has 2 aliphatic rings. The third-order valence-corrected chi connectivity index (χ3v) is 6.39. The minimum absolute atomic E-state index is 0.108. The van der Waals surface area contributed by atoms with E-state index in [1.807, 2.05) is 17.0 Å². The standard InChI is InChI=1S/C23H29N5O2/c24-22(30)17-10-8-16(9-11-17)18-14-26-23(25)27-21(18)19-7-3-4-12-28(19)20(29)13-15-5-1-2-6-15/h8-11,14-15,19H,1-7,12-13H2,(H2,24,30)(H2,25,26,27). The third-order valence-electron chi connectivity index (χ3n) is 6.39. The van der Waals surface area contributed by atoms with Crippen LogP contribution in [0.2, 0.25) is 0 Å². The number of nitrogens with two attached hydrogens (primary N) is 2. The maximum Gasteiger partial charge on any atom is 0.248 e. The van der Waals surface area contributed by atoms with Gasteiger partial charge < -0.3 is 16.4 Å². The molecule has 4 rings (SSSR count). The molecule has 1 saturated heterocycles. The summed E-state index contributed by atoms with van der Waals surface area (Å²) in [5.74, 6) is 0.470. The minimum atomic E-state index is -0.466. The van der Waals surface area contributed by atoms with Crippen molar-refractivity contribution in [2.45, 2.75) is 57.4 Å². The average molecular weight is 408 g/mol. The fraction of sp³-hybridized carbons (Fsp3) is 0.478. The van der Waals surface area contributed by atoms with Crippen molar-refractivity contribution in [1.82, 2.24) is 14.9 Å². The van der Waals surface area contributed by atoms with Crippen molar-refractivity contribution in [3.8, 4) is 11.1 Å². The predicted octanol–water partition coefficient (Wildman–Crippen LogP) is 3.46. The van der Waals surface area contributed by atoms with Crippen molar-refractivity contribution in [2.75, 3.05) is 12.3 Å². The van der Waals surface area contributed by atoms with Crippen LogP contribution >= 0.6 is 0 Å². The van der Waals surface area contributed by atoms with Gasteiger partial charge in [-0.2, -0.15) is 0 Å². The van der Waals surface area contributed by atoms with Gasteiger partial charge in [-0.15, -0.1) is 0 Å². The van der Waals surface area contributed by atoms with Crippen LogP contribution in [-0.2, 0) is 4.79 Å². The Kier molecular flexibility index (Phi) is 5.97. The van der Waals surface area contributed by atoms with Crippen molar-refractivity contribution in [3.05, 3.63) is 41.7 Å². The first kappa shape index (κ1) is 20.3. The molecule has 30 heavy (non-hydrogen) atoms.